The van der Waals surface area contributed by atoms with Crippen LogP contribution in [-0.2, 0) is 4.79 Å². The van der Waals surface area contributed by atoms with Crippen LogP contribution in [-0.4, -0.2) is 16.1 Å². The molecule has 16 heavy (non-hydrogen) atoms. The van der Waals surface area contributed by atoms with E-state index in [1.807, 2.05) is 0 Å². The average molecular weight is 238 g/mol. The molecule has 0 radical (unpaired) electrons. The van der Waals surface area contributed by atoms with Gasteiger partial charge >= 0.3 is 0 Å². The molecule has 6 nitrogen and oxygen atoms in total. The standard InChI is InChI=1S/C9H6N2O4S/c12-8-7(16-9(13)10-8)5-1-3-6(4-2-5)11(14)15/h1-4,7H,(H,10,12,13). The third-order valence-corrected chi connectivity index (χ3v) is 3.13. The van der Waals surface area contributed by atoms with E-state index < -0.39 is 15.4 Å². The number of rotatable bonds is 2. The number of carbonyl (C=O) groups is 2. The minimum Gasteiger partial charge on any atom is -0.286 e. The molecule has 1 unspecified atom stereocenters. The largest absolute Gasteiger partial charge is 0.286 e. The molecule has 1 heterocycles. The molecule has 1 aliphatic rings. The Balaban J connectivity index is 2.25. The molecule has 1 aliphatic heterocycles. The minimum atomic E-state index is -0.603. The van der Waals surface area contributed by atoms with Crippen LogP contribution in [0.3, 0.4) is 0 Å². The minimum absolute atomic E-state index is 0.0431. The Morgan fingerprint density at radius 2 is 1.88 bits per heavy atom. The number of hydrogen-bond donors (Lipinski definition) is 1. The van der Waals surface area contributed by atoms with E-state index in [9.17, 15) is 19.7 Å². The number of nitro benzene ring substituents is 1. The first-order valence-corrected chi connectivity index (χ1v) is 5.22. The van der Waals surface area contributed by atoms with E-state index in [2.05, 4.69) is 5.32 Å². The molecular weight excluding hydrogens is 232 g/mol. The van der Waals surface area contributed by atoms with Crippen LogP contribution in [0.4, 0.5) is 10.5 Å². The molecule has 7 heteroatoms. The van der Waals surface area contributed by atoms with Gasteiger partial charge in [0.1, 0.15) is 5.25 Å². The number of amides is 2. The van der Waals surface area contributed by atoms with Crippen molar-refractivity contribution in [2.75, 3.05) is 0 Å². The molecule has 0 aliphatic carbocycles. The summed E-state index contributed by atoms with van der Waals surface area (Å²) in [5.74, 6) is -0.385. The van der Waals surface area contributed by atoms with Crippen LogP contribution in [0.1, 0.15) is 10.8 Å². The van der Waals surface area contributed by atoms with Crippen molar-refractivity contribution in [2.45, 2.75) is 5.25 Å². The SMILES string of the molecule is O=C1NC(=O)C(c2ccc([N+](=O)[O-])cc2)S1. The number of hydrogen-bond acceptors (Lipinski definition) is 5. The van der Waals surface area contributed by atoms with E-state index in [0.717, 1.165) is 11.8 Å². The highest BCUT2D eigenvalue weighted by molar-refractivity contribution is 8.15. The van der Waals surface area contributed by atoms with Crippen molar-refractivity contribution in [3.8, 4) is 0 Å². The van der Waals surface area contributed by atoms with Gasteiger partial charge in [-0.1, -0.05) is 12.1 Å². The fourth-order valence-electron chi connectivity index (χ4n) is 1.35. The molecule has 1 atom stereocenters. The fourth-order valence-corrected chi connectivity index (χ4v) is 2.18. The zero-order valence-electron chi connectivity index (χ0n) is 7.88. The lowest BCUT2D eigenvalue weighted by Gasteiger charge is -2.03. The van der Waals surface area contributed by atoms with Gasteiger partial charge < -0.3 is 0 Å². The summed E-state index contributed by atoms with van der Waals surface area (Å²) < 4.78 is 0. The second kappa shape index (κ2) is 3.93. The van der Waals surface area contributed by atoms with Crippen LogP contribution in [0.2, 0.25) is 0 Å². The van der Waals surface area contributed by atoms with Gasteiger partial charge in [-0.15, -0.1) is 0 Å². The Labute approximate surface area is 94.2 Å². The van der Waals surface area contributed by atoms with E-state index in [0.29, 0.717) is 5.56 Å². The summed E-state index contributed by atoms with van der Waals surface area (Å²) in [6, 6.07) is 5.58. The van der Waals surface area contributed by atoms with Gasteiger partial charge in [-0.25, -0.2) is 0 Å². The van der Waals surface area contributed by atoms with Crippen molar-refractivity contribution in [1.29, 1.82) is 0 Å². The Morgan fingerprint density at radius 3 is 2.31 bits per heavy atom. The van der Waals surface area contributed by atoms with Gasteiger partial charge in [-0.2, -0.15) is 0 Å². The Bertz CT molecular complexity index is 471. The second-order valence-electron chi connectivity index (χ2n) is 3.12. The van der Waals surface area contributed by atoms with E-state index in [-0.39, 0.29) is 11.6 Å². The van der Waals surface area contributed by atoms with Crippen molar-refractivity contribution in [1.82, 2.24) is 5.32 Å². The molecule has 2 amide bonds. The molecule has 82 valence electrons. The van der Waals surface area contributed by atoms with E-state index in [4.69, 9.17) is 0 Å². The zero-order valence-corrected chi connectivity index (χ0v) is 8.69. The predicted molar refractivity (Wildman–Crippen MR) is 57.0 cm³/mol. The van der Waals surface area contributed by atoms with E-state index in [1.165, 1.54) is 24.3 Å². The summed E-state index contributed by atoms with van der Waals surface area (Å²) in [6.07, 6.45) is 0. The van der Waals surface area contributed by atoms with Crippen molar-refractivity contribution >= 4 is 28.6 Å². The van der Waals surface area contributed by atoms with E-state index >= 15 is 0 Å². The molecule has 0 saturated carbocycles. The number of benzene rings is 1. The van der Waals surface area contributed by atoms with Gasteiger partial charge in [0.15, 0.2) is 0 Å². The molecule has 0 spiro atoms. The monoisotopic (exact) mass is 238 g/mol. The predicted octanol–water partition coefficient (Wildman–Crippen LogP) is 1.62. The molecule has 0 aromatic heterocycles. The fraction of sp³-hybridized carbons (Fsp3) is 0.111. The number of carbonyl (C=O) groups excluding carboxylic acids is 2. The van der Waals surface area contributed by atoms with Crippen LogP contribution in [0.15, 0.2) is 24.3 Å². The summed E-state index contributed by atoms with van der Waals surface area (Å²) in [4.78, 5) is 32.2. The van der Waals surface area contributed by atoms with E-state index in [1.54, 1.807) is 0 Å². The Morgan fingerprint density at radius 1 is 1.25 bits per heavy atom. The first-order valence-electron chi connectivity index (χ1n) is 4.34. The zero-order chi connectivity index (χ0) is 11.7. The molecule has 1 fully saturated rings. The number of thioether (sulfide) groups is 1. The van der Waals surface area contributed by atoms with Gasteiger partial charge in [0.05, 0.1) is 4.92 Å². The lowest BCUT2D eigenvalue weighted by atomic mass is 10.1. The summed E-state index contributed by atoms with van der Waals surface area (Å²) in [5, 5.41) is 11.6. The molecule has 1 aromatic carbocycles. The number of nitrogens with one attached hydrogen (secondary N) is 1. The Kier molecular flexibility index (Phi) is 2.61. The maximum atomic E-state index is 11.3. The molecule has 1 saturated heterocycles. The Hall–Kier alpha value is -1.89. The summed E-state index contributed by atoms with van der Waals surface area (Å²) in [7, 11) is 0. The topological polar surface area (TPSA) is 89.3 Å². The van der Waals surface area contributed by atoms with Gasteiger partial charge in [0.2, 0.25) is 5.91 Å². The maximum absolute atomic E-state index is 11.3. The number of imide groups is 1. The molecule has 1 aromatic rings. The van der Waals surface area contributed by atoms with Crippen molar-refractivity contribution in [2.24, 2.45) is 0 Å². The normalized spacial score (nSPS) is 19.6. The summed E-state index contributed by atoms with van der Waals surface area (Å²) >= 11 is 0.872. The number of non-ortho nitro benzene ring substituents is 1. The van der Waals surface area contributed by atoms with Crippen LogP contribution < -0.4 is 5.32 Å². The quantitative estimate of drug-likeness (QED) is 0.624. The molecule has 1 N–H and O–H groups in total. The third-order valence-electron chi connectivity index (χ3n) is 2.09. The van der Waals surface area contributed by atoms with Crippen LogP contribution >= 0.6 is 11.8 Å². The highest BCUT2D eigenvalue weighted by Gasteiger charge is 2.32. The summed E-state index contributed by atoms with van der Waals surface area (Å²) in [6.45, 7) is 0. The van der Waals surface area contributed by atoms with Crippen LogP contribution in [0, 0.1) is 10.1 Å². The van der Waals surface area contributed by atoms with Crippen LogP contribution in [0.5, 0.6) is 0 Å². The van der Waals surface area contributed by atoms with Gasteiger partial charge in [0.25, 0.3) is 10.9 Å². The first-order chi connectivity index (χ1) is 7.58. The number of nitro groups is 1. The lowest BCUT2D eigenvalue weighted by Crippen LogP contribution is -2.20. The van der Waals surface area contributed by atoms with Crippen molar-refractivity contribution < 1.29 is 14.5 Å². The first kappa shape index (κ1) is 10.6. The smallest absolute Gasteiger partial charge is 0.286 e. The maximum Gasteiger partial charge on any atom is 0.286 e. The van der Waals surface area contributed by atoms with Crippen LogP contribution in [0.25, 0.3) is 0 Å². The highest BCUT2D eigenvalue weighted by Crippen LogP contribution is 2.34. The molecule has 2 rings (SSSR count). The molecular formula is C9H6N2O4S. The highest BCUT2D eigenvalue weighted by atomic mass is 32.2. The van der Waals surface area contributed by atoms with Crippen molar-refractivity contribution in [3.63, 3.8) is 0 Å². The third kappa shape index (κ3) is 1.89. The lowest BCUT2D eigenvalue weighted by molar-refractivity contribution is -0.384. The van der Waals surface area contributed by atoms with Gasteiger partial charge in [0, 0.05) is 12.1 Å². The average Bonchev–Trinajstić information content (AvgIpc) is 2.58. The van der Waals surface area contributed by atoms with Crippen molar-refractivity contribution in [3.05, 3.63) is 39.9 Å². The number of nitrogens with zero attached hydrogens (tertiary/aromatic N) is 1. The molecule has 0 bridgehead atoms. The van der Waals surface area contributed by atoms with Gasteiger partial charge in [-0.3, -0.25) is 25.0 Å². The summed E-state index contributed by atoms with van der Waals surface area (Å²) in [5.41, 5.74) is 0.539. The van der Waals surface area contributed by atoms with Gasteiger partial charge in [-0.05, 0) is 17.3 Å². The second-order valence-corrected chi connectivity index (χ2v) is 4.20.